The van der Waals surface area contributed by atoms with Gasteiger partial charge in [0.2, 0.25) is 5.91 Å². The normalized spacial score (nSPS) is 26.5. The lowest BCUT2D eigenvalue weighted by Gasteiger charge is -2.29. The predicted molar refractivity (Wildman–Crippen MR) is 63.3 cm³/mol. The van der Waals surface area contributed by atoms with Gasteiger partial charge >= 0.3 is 0 Å². The van der Waals surface area contributed by atoms with Crippen LogP contribution in [0.1, 0.15) is 17.5 Å². The van der Waals surface area contributed by atoms with Gasteiger partial charge in [-0.2, -0.15) is 0 Å². The van der Waals surface area contributed by atoms with Gasteiger partial charge in [-0.05, 0) is 36.1 Å². The number of phenolic OH excluding ortho intramolecular Hbond substituents is 1. The minimum absolute atomic E-state index is 0.0360. The van der Waals surface area contributed by atoms with Gasteiger partial charge in [-0.15, -0.1) is 0 Å². The zero-order valence-corrected chi connectivity index (χ0v) is 9.60. The van der Waals surface area contributed by atoms with E-state index in [4.69, 9.17) is 5.73 Å². The second kappa shape index (κ2) is 3.74. The van der Waals surface area contributed by atoms with Gasteiger partial charge in [0.15, 0.2) is 0 Å². The van der Waals surface area contributed by atoms with E-state index in [9.17, 15) is 9.90 Å². The molecule has 1 aliphatic carbocycles. The summed E-state index contributed by atoms with van der Waals surface area (Å²) in [4.78, 5) is 13.9. The number of carbonyl (C=O) groups excluding carboxylic acids is 1. The number of carbonyl (C=O) groups is 1. The van der Waals surface area contributed by atoms with Crippen LogP contribution in [0.15, 0.2) is 18.2 Å². The summed E-state index contributed by atoms with van der Waals surface area (Å²) in [5, 5.41) is 9.45. The van der Waals surface area contributed by atoms with Gasteiger partial charge < -0.3 is 15.7 Å². The number of rotatable bonds is 1. The highest BCUT2D eigenvalue weighted by Gasteiger charge is 2.42. The number of nitrogens with two attached hydrogens (primary N) is 1. The van der Waals surface area contributed by atoms with E-state index < -0.39 is 0 Å². The van der Waals surface area contributed by atoms with Gasteiger partial charge in [-0.3, -0.25) is 4.79 Å². The fourth-order valence-corrected chi connectivity index (χ4v) is 2.46. The van der Waals surface area contributed by atoms with Gasteiger partial charge in [-0.25, -0.2) is 0 Å². The fourth-order valence-electron chi connectivity index (χ4n) is 2.46. The molecule has 90 valence electrons. The maximum Gasteiger partial charge on any atom is 0.227 e. The summed E-state index contributed by atoms with van der Waals surface area (Å²) in [6, 6.07) is 5.46. The standard InChI is InChI=1S/C13H16N2O2/c14-12-6-11(12)13(17)15-4-3-8-1-2-10(16)5-9(8)7-15/h1-2,5,11-12,16H,3-4,6-7,14H2. The predicted octanol–water partition coefficient (Wildman–Crippen LogP) is 0.624. The molecule has 1 aromatic carbocycles. The Labute approximate surface area is 100 Å². The van der Waals surface area contributed by atoms with Gasteiger partial charge in [-0.1, -0.05) is 6.07 Å². The number of hydrogen-bond donors (Lipinski definition) is 2. The fraction of sp³-hybridized carbons (Fsp3) is 0.462. The lowest BCUT2D eigenvalue weighted by Crippen LogP contribution is -2.37. The Morgan fingerprint density at radius 1 is 1.41 bits per heavy atom. The molecule has 3 N–H and O–H groups in total. The molecule has 1 amide bonds. The van der Waals surface area contributed by atoms with E-state index in [2.05, 4.69) is 0 Å². The first-order valence-corrected chi connectivity index (χ1v) is 6.00. The summed E-state index contributed by atoms with van der Waals surface area (Å²) >= 11 is 0. The molecule has 1 heterocycles. The third-order valence-corrected chi connectivity index (χ3v) is 3.67. The highest BCUT2D eigenvalue weighted by Crippen LogP contribution is 2.32. The van der Waals surface area contributed by atoms with Crippen LogP contribution in [-0.2, 0) is 17.8 Å². The lowest BCUT2D eigenvalue weighted by atomic mass is 9.99. The Hall–Kier alpha value is -1.55. The smallest absolute Gasteiger partial charge is 0.227 e. The molecular formula is C13H16N2O2. The minimum Gasteiger partial charge on any atom is -0.508 e. The van der Waals surface area contributed by atoms with Gasteiger partial charge in [0, 0.05) is 19.1 Å². The van der Waals surface area contributed by atoms with Crippen molar-refractivity contribution in [3.8, 4) is 5.75 Å². The van der Waals surface area contributed by atoms with E-state index in [-0.39, 0.29) is 23.6 Å². The molecule has 2 atom stereocenters. The monoisotopic (exact) mass is 232 g/mol. The number of hydrogen-bond acceptors (Lipinski definition) is 3. The molecule has 1 aromatic rings. The van der Waals surface area contributed by atoms with Crippen molar-refractivity contribution in [1.29, 1.82) is 0 Å². The summed E-state index contributed by atoms with van der Waals surface area (Å²) in [7, 11) is 0. The molecule has 0 radical (unpaired) electrons. The highest BCUT2D eigenvalue weighted by molar-refractivity contribution is 5.82. The maximum absolute atomic E-state index is 12.0. The van der Waals surface area contributed by atoms with Crippen LogP contribution < -0.4 is 5.73 Å². The van der Waals surface area contributed by atoms with E-state index in [1.165, 1.54) is 5.56 Å². The van der Waals surface area contributed by atoms with Gasteiger partial charge in [0.25, 0.3) is 0 Å². The number of phenols is 1. The zero-order chi connectivity index (χ0) is 12.0. The van der Waals surface area contributed by atoms with Crippen molar-refractivity contribution in [2.24, 2.45) is 11.7 Å². The van der Waals surface area contributed by atoms with Crippen molar-refractivity contribution in [2.45, 2.75) is 25.4 Å². The molecule has 1 fully saturated rings. The quantitative estimate of drug-likeness (QED) is 0.746. The molecule has 0 bridgehead atoms. The maximum atomic E-state index is 12.0. The molecule has 1 saturated carbocycles. The summed E-state index contributed by atoms with van der Waals surface area (Å²) in [6.45, 7) is 1.37. The van der Waals surface area contributed by atoms with Crippen LogP contribution in [0.5, 0.6) is 5.75 Å². The van der Waals surface area contributed by atoms with Crippen LogP contribution in [0.25, 0.3) is 0 Å². The van der Waals surface area contributed by atoms with Crippen LogP contribution in [0.3, 0.4) is 0 Å². The van der Waals surface area contributed by atoms with E-state index in [0.717, 1.165) is 24.9 Å². The van der Waals surface area contributed by atoms with E-state index in [1.54, 1.807) is 12.1 Å². The number of aromatic hydroxyl groups is 1. The van der Waals surface area contributed by atoms with Crippen LogP contribution in [-0.4, -0.2) is 28.5 Å². The zero-order valence-electron chi connectivity index (χ0n) is 9.60. The molecular weight excluding hydrogens is 216 g/mol. The first-order valence-electron chi connectivity index (χ1n) is 6.00. The van der Waals surface area contributed by atoms with E-state index >= 15 is 0 Å². The van der Waals surface area contributed by atoms with Crippen LogP contribution in [0, 0.1) is 5.92 Å². The van der Waals surface area contributed by atoms with Crippen molar-refractivity contribution in [3.05, 3.63) is 29.3 Å². The Balaban J connectivity index is 1.78. The average molecular weight is 232 g/mol. The van der Waals surface area contributed by atoms with Crippen molar-refractivity contribution in [2.75, 3.05) is 6.54 Å². The van der Waals surface area contributed by atoms with Crippen LogP contribution in [0.4, 0.5) is 0 Å². The molecule has 0 saturated heterocycles. The molecule has 0 aromatic heterocycles. The minimum atomic E-state index is 0.0360. The molecule has 1 aliphatic heterocycles. The SMILES string of the molecule is NC1CC1C(=O)N1CCc2ccc(O)cc2C1. The van der Waals surface area contributed by atoms with Crippen LogP contribution >= 0.6 is 0 Å². The third kappa shape index (κ3) is 1.89. The Kier molecular flexibility index (Phi) is 2.33. The largest absolute Gasteiger partial charge is 0.508 e. The lowest BCUT2D eigenvalue weighted by molar-refractivity contribution is -0.133. The highest BCUT2D eigenvalue weighted by atomic mass is 16.3. The van der Waals surface area contributed by atoms with Gasteiger partial charge in [0.1, 0.15) is 5.75 Å². The molecule has 17 heavy (non-hydrogen) atoms. The summed E-state index contributed by atoms with van der Waals surface area (Å²) in [6.07, 6.45) is 1.69. The second-order valence-corrected chi connectivity index (χ2v) is 4.97. The Bertz CT molecular complexity index is 472. The third-order valence-electron chi connectivity index (χ3n) is 3.67. The van der Waals surface area contributed by atoms with Crippen molar-refractivity contribution < 1.29 is 9.90 Å². The summed E-state index contributed by atoms with van der Waals surface area (Å²) < 4.78 is 0. The molecule has 3 rings (SSSR count). The first kappa shape index (κ1) is 10.6. The van der Waals surface area contributed by atoms with Crippen molar-refractivity contribution in [3.63, 3.8) is 0 Å². The number of benzene rings is 1. The molecule has 0 spiro atoms. The molecule has 4 heteroatoms. The van der Waals surface area contributed by atoms with Crippen molar-refractivity contribution in [1.82, 2.24) is 4.90 Å². The van der Waals surface area contributed by atoms with Crippen LogP contribution in [0.2, 0.25) is 0 Å². The summed E-state index contributed by atoms with van der Waals surface area (Å²) in [5.41, 5.74) is 7.99. The Morgan fingerprint density at radius 2 is 2.18 bits per heavy atom. The molecule has 2 aliphatic rings. The first-order chi connectivity index (χ1) is 8.15. The number of fused-ring (bicyclic) bond motifs is 1. The average Bonchev–Trinajstić information content (AvgIpc) is 3.04. The number of amides is 1. The topological polar surface area (TPSA) is 66.6 Å². The van der Waals surface area contributed by atoms with E-state index in [1.807, 2.05) is 11.0 Å². The molecule has 2 unspecified atom stereocenters. The summed E-state index contributed by atoms with van der Waals surface area (Å²) in [5.74, 6) is 0.474. The van der Waals surface area contributed by atoms with Crippen molar-refractivity contribution >= 4 is 5.91 Å². The molecule has 4 nitrogen and oxygen atoms in total. The van der Waals surface area contributed by atoms with E-state index in [0.29, 0.717) is 6.54 Å². The van der Waals surface area contributed by atoms with Gasteiger partial charge in [0.05, 0.1) is 5.92 Å². The second-order valence-electron chi connectivity index (χ2n) is 4.97. The Morgan fingerprint density at radius 3 is 2.88 bits per heavy atom. The number of nitrogens with zero attached hydrogens (tertiary/aromatic N) is 1.